The van der Waals surface area contributed by atoms with Crippen molar-refractivity contribution < 1.29 is 4.79 Å². The van der Waals surface area contributed by atoms with Crippen molar-refractivity contribution >= 4 is 21.7 Å². The highest BCUT2D eigenvalue weighted by molar-refractivity contribution is 9.10. The lowest BCUT2D eigenvalue weighted by Gasteiger charge is -1.96. The largest absolute Gasteiger partial charge is 0.299 e. The quantitative estimate of drug-likeness (QED) is 0.735. The van der Waals surface area contributed by atoms with Gasteiger partial charge in [0.25, 0.3) is 0 Å². The van der Waals surface area contributed by atoms with Gasteiger partial charge in [-0.25, -0.2) is 0 Å². The Balaban J connectivity index is 2.74. The van der Waals surface area contributed by atoms with E-state index in [0.29, 0.717) is 6.42 Å². The SMILES string of the molecule is [CH2]C(=O)Cc1ccc(Br)cc1. The van der Waals surface area contributed by atoms with Crippen molar-refractivity contribution in [1.82, 2.24) is 0 Å². The lowest BCUT2D eigenvalue weighted by molar-refractivity contribution is -0.114. The van der Waals surface area contributed by atoms with E-state index in [1.165, 1.54) is 0 Å². The smallest absolute Gasteiger partial charge is 0.137 e. The van der Waals surface area contributed by atoms with Gasteiger partial charge in [0.05, 0.1) is 0 Å². The molecule has 0 saturated carbocycles. The predicted octanol–water partition coefficient (Wildman–Crippen LogP) is 2.39. The predicted molar refractivity (Wildman–Crippen MR) is 48.2 cm³/mol. The normalized spacial score (nSPS) is 9.64. The van der Waals surface area contributed by atoms with E-state index in [-0.39, 0.29) is 5.78 Å². The van der Waals surface area contributed by atoms with Crippen LogP contribution < -0.4 is 0 Å². The summed E-state index contributed by atoms with van der Waals surface area (Å²) in [5.41, 5.74) is 1.01. The highest BCUT2D eigenvalue weighted by Gasteiger charge is 1.95. The second-order valence-corrected chi connectivity index (χ2v) is 3.26. The fourth-order valence-corrected chi connectivity index (χ4v) is 1.09. The van der Waals surface area contributed by atoms with E-state index in [4.69, 9.17) is 0 Å². The molecule has 0 unspecified atom stereocenters. The van der Waals surface area contributed by atoms with E-state index in [0.717, 1.165) is 10.0 Å². The van der Waals surface area contributed by atoms with Crippen molar-refractivity contribution in [2.75, 3.05) is 0 Å². The molecule has 0 bridgehead atoms. The van der Waals surface area contributed by atoms with Gasteiger partial charge in [0.1, 0.15) is 5.78 Å². The van der Waals surface area contributed by atoms with E-state index in [2.05, 4.69) is 22.9 Å². The third-order valence-corrected chi connectivity index (χ3v) is 1.84. The Morgan fingerprint density at radius 3 is 2.36 bits per heavy atom. The molecule has 2 heteroatoms. The Kier molecular flexibility index (Phi) is 2.83. The summed E-state index contributed by atoms with van der Waals surface area (Å²) in [7, 11) is 0. The number of hydrogen-bond donors (Lipinski definition) is 0. The lowest BCUT2D eigenvalue weighted by atomic mass is 10.1. The van der Waals surface area contributed by atoms with Crippen LogP contribution in [0.4, 0.5) is 0 Å². The van der Waals surface area contributed by atoms with Crippen LogP contribution in [0, 0.1) is 6.92 Å². The number of ketones is 1. The first-order valence-corrected chi connectivity index (χ1v) is 4.07. The number of carbonyl (C=O) groups is 1. The minimum Gasteiger partial charge on any atom is -0.299 e. The number of benzene rings is 1. The molecule has 0 heterocycles. The first kappa shape index (κ1) is 8.47. The minimum absolute atomic E-state index is 0.0488. The molecule has 0 spiro atoms. The maximum absolute atomic E-state index is 10.6. The van der Waals surface area contributed by atoms with Gasteiger partial charge in [-0.05, 0) is 17.7 Å². The van der Waals surface area contributed by atoms with Crippen LogP contribution in [0.2, 0.25) is 0 Å². The molecule has 0 atom stereocenters. The molecule has 0 aromatic heterocycles. The molecular weight excluding hydrogens is 204 g/mol. The van der Waals surface area contributed by atoms with Crippen LogP contribution in [-0.2, 0) is 11.2 Å². The van der Waals surface area contributed by atoms with E-state index in [9.17, 15) is 4.79 Å². The van der Waals surface area contributed by atoms with E-state index >= 15 is 0 Å². The summed E-state index contributed by atoms with van der Waals surface area (Å²) in [6.07, 6.45) is 0.424. The topological polar surface area (TPSA) is 17.1 Å². The van der Waals surface area contributed by atoms with Gasteiger partial charge in [-0.2, -0.15) is 0 Å². The zero-order valence-electron chi connectivity index (χ0n) is 6.01. The summed E-state index contributed by atoms with van der Waals surface area (Å²) in [6.45, 7) is 3.31. The van der Waals surface area contributed by atoms with E-state index < -0.39 is 0 Å². The monoisotopic (exact) mass is 211 g/mol. The van der Waals surface area contributed by atoms with Crippen molar-refractivity contribution in [3.05, 3.63) is 41.2 Å². The van der Waals surface area contributed by atoms with Crippen LogP contribution in [0.1, 0.15) is 5.56 Å². The third-order valence-electron chi connectivity index (χ3n) is 1.31. The molecule has 11 heavy (non-hydrogen) atoms. The Morgan fingerprint density at radius 1 is 1.36 bits per heavy atom. The Morgan fingerprint density at radius 2 is 1.91 bits per heavy atom. The average molecular weight is 212 g/mol. The van der Waals surface area contributed by atoms with Crippen molar-refractivity contribution in [2.45, 2.75) is 6.42 Å². The molecule has 57 valence electrons. The molecule has 0 aliphatic rings. The zero-order valence-corrected chi connectivity index (χ0v) is 7.60. The molecule has 0 saturated heterocycles. The van der Waals surface area contributed by atoms with Crippen molar-refractivity contribution in [3.8, 4) is 0 Å². The Hall–Kier alpha value is -0.630. The molecule has 1 nitrogen and oxygen atoms in total. The summed E-state index contributed by atoms with van der Waals surface area (Å²) in [5.74, 6) is -0.0488. The number of halogens is 1. The number of hydrogen-bond acceptors (Lipinski definition) is 1. The molecule has 0 aliphatic heterocycles. The summed E-state index contributed by atoms with van der Waals surface area (Å²) in [4.78, 5) is 10.6. The van der Waals surface area contributed by atoms with Crippen molar-refractivity contribution in [3.63, 3.8) is 0 Å². The summed E-state index contributed by atoms with van der Waals surface area (Å²) in [5, 5.41) is 0. The second kappa shape index (κ2) is 3.67. The molecule has 0 amide bonds. The van der Waals surface area contributed by atoms with Gasteiger partial charge < -0.3 is 0 Å². The first-order chi connectivity index (χ1) is 5.18. The molecule has 0 N–H and O–H groups in total. The Labute approximate surface area is 74.6 Å². The summed E-state index contributed by atoms with van der Waals surface area (Å²) in [6, 6.07) is 7.65. The van der Waals surface area contributed by atoms with Crippen LogP contribution in [0.5, 0.6) is 0 Å². The van der Waals surface area contributed by atoms with Crippen molar-refractivity contribution in [1.29, 1.82) is 0 Å². The molecule has 1 aromatic carbocycles. The van der Waals surface area contributed by atoms with Crippen LogP contribution in [0.25, 0.3) is 0 Å². The first-order valence-electron chi connectivity index (χ1n) is 3.28. The van der Waals surface area contributed by atoms with E-state index in [1.807, 2.05) is 24.3 Å². The van der Waals surface area contributed by atoms with Gasteiger partial charge in [-0.3, -0.25) is 4.79 Å². The number of rotatable bonds is 2. The van der Waals surface area contributed by atoms with Gasteiger partial charge in [-0.15, -0.1) is 0 Å². The molecule has 1 radical (unpaired) electrons. The molecule has 1 rings (SSSR count). The fraction of sp³-hybridized carbons (Fsp3) is 0.111. The maximum atomic E-state index is 10.6. The fourth-order valence-electron chi connectivity index (χ4n) is 0.830. The van der Waals surface area contributed by atoms with Gasteiger partial charge in [0.2, 0.25) is 0 Å². The lowest BCUT2D eigenvalue weighted by Crippen LogP contribution is -1.95. The van der Waals surface area contributed by atoms with Crippen LogP contribution in [-0.4, -0.2) is 5.78 Å². The van der Waals surface area contributed by atoms with Crippen LogP contribution in [0.3, 0.4) is 0 Å². The van der Waals surface area contributed by atoms with Gasteiger partial charge in [0.15, 0.2) is 0 Å². The number of Topliss-reactive ketones (excluding diaryl/α,β-unsaturated/α-hetero) is 1. The average Bonchev–Trinajstić information content (AvgIpc) is 1.93. The molecule has 1 aromatic rings. The second-order valence-electron chi connectivity index (χ2n) is 2.34. The third kappa shape index (κ3) is 2.85. The standard InChI is InChI=1S/C9H8BrO/c1-7(11)6-8-2-4-9(10)5-3-8/h2-5H,1,6H2. The zero-order chi connectivity index (χ0) is 8.27. The minimum atomic E-state index is -0.0488. The van der Waals surface area contributed by atoms with Crippen molar-refractivity contribution in [2.24, 2.45) is 0 Å². The van der Waals surface area contributed by atoms with Crippen LogP contribution >= 0.6 is 15.9 Å². The Bertz CT molecular complexity index is 251. The summed E-state index contributed by atoms with van der Waals surface area (Å²) < 4.78 is 1.03. The highest BCUT2D eigenvalue weighted by Crippen LogP contribution is 2.10. The van der Waals surface area contributed by atoms with Crippen LogP contribution in [0.15, 0.2) is 28.7 Å². The van der Waals surface area contributed by atoms with Gasteiger partial charge in [0, 0.05) is 17.8 Å². The van der Waals surface area contributed by atoms with Gasteiger partial charge >= 0.3 is 0 Å². The molecular formula is C9H8BrO. The molecule has 0 fully saturated rings. The van der Waals surface area contributed by atoms with Gasteiger partial charge in [-0.1, -0.05) is 28.1 Å². The van der Waals surface area contributed by atoms with E-state index in [1.54, 1.807) is 0 Å². The summed E-state index contributed by atoms with van der Waals surface area (Å²) >= 11 is 3.31. The number of carbonyl (C=O) groups excluding carboxylic acids is 1. The highest BCUT2D eigenvalue weighted by atomic mass is 79.9. The molecule has 0 aliphatic carbocycles. The maximum Gasteiger partial charge on any atom is 0.137 e.